The molecule has 4 rings (SSSR count). The first-order chi connectivity index (χ1) is 15.3. The van der Waals surface area contributed by atoms with Gasteiger partial charge in [0.05, 0.1) is 35.3 Å². The van der Waals surface area contributed by atoms with Gasteiger partial charge in [-0.3, -0.25) is 9.78 Å². The third kappa shape index (κ3) is 3.90. The number of halogens is 3. The number of aromatic nitrogens is 3. The van der Waals surface area contributed by atoms with Gasteiger partial charge in [0.15, 0.2) is 0 Å². The molecule has 6 nitrogen and oxygen atoms in total. The third-order valence-electron chi connectivity index (χ3n) is 5.90. The maximum absolute atomic E-state index is 14.5. The number of methoxy groups -OCH3 is 1. The van der Waals surface area contributed by atoms with Gasteiger partial charge in [0.1, 0.15) is 23.6 Å². The highest BCUT2D eigenvalue weighted by Gasteiger charge is 2.48. The molecule has 0 radical (unpaired) electrons. The van der Waals surface area contributed by atoms with E-state index in [1.165, 1.54) is 31.5 Å². The normalized spacial score (nSPS) is 19.9. The number of pyridine rings is 1. The van der Waals surface area contributed by atoms with Crippen molar-refractivity contribution in [3.05, 3.63) is 71.2 Å². The molecule has 0 saturated heterocycles. The van der Waals surface area contributed by atoms with Crippen molar-refractivity contribution >= 4 is 5.91 Å². The van der Waals surface area contributed by atoms with Crippen molar-refractivity contribution < 1.29 is 22.7 Å². The van der Waals surface area contributed by atoms with Gasteiger partial charge in [-0.1, -0.05) is 0 Å². The standard InChI is InChI=1S/C23H21F3N4O2/c1-32-20-15(22(27)31)5-6-16(25)19(20)18-7-4-14(29-30-18)8-9-23(11-13(24)12-23)21-17(26)3-2-10-28-21/h2-7,10,13H,8-9,11-12H2,1H3,(H2,27,31). The Bertz CT molecular complexity index is 1150. The summed E-state index contributed by atoms with van der Waals surface area (Å²) in [5.41, 5.74) is 5.69. The van der Waals surface area contributed by atoms with Gasteiger partial charge >= 0.3 is 0 Å². The molecule has 3 aromatic rings. The molecule has 166 valence electrons. The Hall–Kier alpha value is -3.49. The minimum atomic E-state index is -0.988. The molecule has 1 saturated carbocycles. The number of alkyl halides is 1. The average Bonchev–Trinajstić information content (AvgIpc) is 2.76. The molecule has 2 aromatic heterocycles. The minimum Gasteiger partial charge on any atom is -0.495 e. The number of amides is 1. The van der Waals surface area contributed by atoms with Crippen molar-refractivity contribution in [2.75, 3.05) is 7.11 Å². The van der Waals surface area contributed by atoms with Crippen LogP contribution >= 0.6 is 0 Å². The van der Waals surface area contributed by atoms with E-state index in [4.69, 9.17) is 10.5 Å². The molecule has 1 fully saturated rings. The van der Waals surface area contributed by atoms with Gasteiger partial charge < -0.3 is 10.5 Å². The van der Waals surface area contributed by atoms with Crippen LogP contribution in [0.4, 0.5) is 13.2 Å². The van der Waals surface area contributed by atoms with E-state index in [9.17, 15) is 18.0 Å². The fraction of sp³-hybridized carbons (Fsp3) is 0.304. The number of hydrogen-bond donors (Lipinski definition) is 1. The third-order valence-corrected chi connectivity index (χ3v) is 5.90. The Morgan fingerprint density at radius 3 is 2.53 bits per heavy atom. The van der Waals surface area contributed by atoms with E-state index in [-0.39, 0.29) is 41.1 Å². The second-order valence-corrected chi connectivity index (χ2v) is 7.90. The predicted molar refractivity (Wildman–Crippen MR) is 111 cm³/mol. The molecule has 1 aliphatic carbocycles. The fourth-order valence-electron chi connectivity index (χ4n) is 4.28. The maximum atomic E-state index is 14.5. The van der Waals surface area contributed by atoms with Crippen molar-refractivity contribution in [2.45, 2.75) is 37.3 Å². The highest BCUT2D eigenvalue weighted by molar-refractivity contribution is 5.98. The first-order valence-corrected chi connectivity index (χ1v) is 10.1. The summed E-state index contributed by atoms with van der Waals surface area (Å²) in [7, 11) is 1.31. The maximum Gasteiger partial charge on any atom is 0.252 e. The molecule has 2 heterocycles. The van der Waals surface area contributed by atoms with E-state index in [2.05, 4.69) is 15.2 Å². The zero-order valence-electron chi connectivity index (χ0n) is 17.3. The second-order valence-electron chi connectivity index (χ2n) is 7.90. The number of benzene rings is 1. The highest BCUT2D eigenvalue weighted by atomic mass is 19.1. The molecule has 1 aromatic carbocycles. The van der Waals surface area contributed by atoms with Crippen LogP contribution in [0.25, 0.3) is 11.3 Å². The SMILES string of the molecule is COc1c(C(N)=O)ccc(F)c1-c1ccc(CCC2(c3ncccc3F)CC(F)C2)nn1. The monoisotopic (exact) mass is 442 g/mol. The lowest BCUT2D eigenvalue weighted by Gasteiger charge is -2.44. The molecular weight excluding hydrogens is 421 g/mol. The number of carbonyl (C=O) groups is 1. The molecule has 1 aliphatic rings. The second kappa shape index (κ2) is 8.57. The summed E-state index contributed by atoms with van der Waals surface area (Å²) < 4.78 is 47.8. The van der Waals surface area contributed by atoms with Crippen LogP contribution in [0.2, 0.25) is 0 Å². The molecule has 0 aliphatic heterocycles. The number of nitrogens with zero attached hydrogens (tertiary/aromatic N) is 3. The van der Waals surface area contributed by atoms with E-state index in [0.29, 0.717) is 18.5 Å². The van der Waals surface area contributed by atoms with Crippen molar-refractivity contribution in [1.82, 2.24) is 15.2 Å². The molecule has 0 unspecified atom stereocenters. The average molecular weight is 442 g/mol. The van der Waals surface area contributed by atoms with Crippen molar-refractivity contribution in [1.29, 1.82) is 0 Å². The van der Waals surface area contributed by atoms with E-state index in [1.54, 1.807) is 12.1 Å². The van der Waals surface area contributed by atoms with Crippen LogP contribution < -0.4 is 10.5 Å². The number of nitrogens with two attached hydrogens (primary N) is 1. The number of hydrogen-bond acceptors (Lipinski definition) is 5. The van der Waals surface area contributed by atoms with E-state index < -0.39 is 29.1 Å². The van der Waals surface area contributed by atoms with Crippen molar-refractivity contribution in [3.8, 4) is 17.0 Å². The smallest absolute Gasteiger partial charge is 0.252 e. The topological polar surface area (TPSA) is 91.0 Å². The fourth-order valence-corrected chi connectivity index (χ4v) is 4.28. The van der Waals surface area contributed by atoms with Gasteiger partial charge in [-0.15, -0.1) is 0 Å². The number of aryl methyl sites for hydroxylation is 1. The van der Waals surface area contributed by atoms with Gasteiger partial charge in [0.2, 0.25) is 0 Å². The van der Waals surface area contributed by atoms with Gasteiger partial charge in [-0.05, 0) is 62.1 Å². The Balaban J connectivity index is 1.57. The lowest BCUT2D eigenvalue weighted by atomic mass is 9.62. The number of carbonyl (C=O) groups excluding carboxylic acids is 1. The lowest BCUT2D eigenvalue weighted by molar-refractivity contribution is 0.0794. The summed E-state index contributed by atoms with van der Waals surface area (Å²) in [5.74, 6) is -1.86. The summed E-state index contributed by atoms with van der Waals surface area (Å²) in [6, 6.07) is 8.40. The molecule has 9 heteroatoms. The number of ether oxygens (including phenoxy) is 1. The van der Waals surface area contributed by atoms with Crippen LogP contribution in [0.5, 0.6) is 5.75 Å². The van der Waals surface area contributed by atoms with Gasteiger partial charge in [-0.25, -0.2) is 13.2 Å². The van der Waals surface area contributed by atoms with Gasteiger partial charge in [0, 0.05) is 11.6 Å². The first-order valence-electron chi connectivity index (χ1n) is 10.1. The van der Waals surface area contributed by atoms with E-state index >= 15 is 0 Å². The number of rotatable bonds is 7. The van der Waals surface area contributed by atoms with Crippen LogP contribution in [-0.4, -0.2) is 34.4 Å². The molecule has 2 N–H and O–H groups in total. The van der Waals surface area contributed by atoms with Crippen molar-refractivity contribution in [3.63, 3.8) is 0 Å². The summed E-state index contributed by atoms with van der Waals surface area (Å²) >= 11 is 0. The molecule has 0 atom stereocenters. The Kier molecular flexibility index (Phi) is 5.82. The summed E-state index contributed by atoms with van der Waals surface area (Å²) in [5, 5.41) is 8.23. The Morgan fingerprint density at radius 2 is 1.94 bits per heavy atom. The van der Waals surface area contributed by atoms with E-state index in [0.717, 1.165) is 6.07 Å². The largest absolute Gasteiger partial charge is 0.495 e. The zero-order chi connectivity index (χ0) is 22.9. The van der Waals surface area contributed by atoms with Gasteiger partial charge in [-0.2, -0.15) is 10.2 Å². The first kappa shape index (κ1) is 21.7. The van der Waals surface area contributed by atoms with Gasteiger partial charge in [0.25, 0.3) is 5.91 Å². The van der Waals surface area contributed by atoms with Crippen molar-refractivity contribution in [2.24, 2.45) is 5.73 Å². The molecule has 0 bridgehead atoms. The Labute approximate surface area is 182 Å². The lowest BCUT2D eigenvalue weighted by Crippen LogP contribution is -2.44. The van der Waals surface area contributed by atoms with E-state index in [1.807, 2.05) is 0 Å². The molecule has 0 spiro atoms. The molecule has 1 amide bonds. The van der Waals surface area contributed by atoms with Crippen LogP contribution in [0.1, 0.15) is 41.0 Å². The molecular formula is C23H21F3N4O2. The molecule has 32 heavy (non-hydrogen) atoms. The predicted octanol–water partition coefficient (Wildman–Crippen LogP) is 3.93. The summed E-state index contributed by atoms with van der Waals surface area (Å²) in [6.45, 7) is 0. The van der Waals surface area contributed by atoms with Crippen LogP contribution in [0.15, 0.2) is 42.6 Å². The van der Waals surface area contributed by atoms with Crippen LogP contribution in [-0.2, 0) is 11.8 Å². The van der Waals surface area contributed by atoms with Crippen LogP contribution in [0.3, 0.4) is 0 Å². The summed E-state index contributed by atoms with van der Waals surface area (Å²) in [4.78, 5) is 15.8. The quantitative estimate of drug-likeness (QED) is 0.599. The Morgan fingerprint density at radius 1 is 1.16 bits per heavy atom. The minimum absolute atomic E-state index is 0.0193. The van der Waals surface area contributed by atoms with Crippen LogP contribution in [0, 0.1) is 11.6 Å². The highest BCUT2D eigenvalue weighted by Crippen LogP contribution is 2.48. The zero-order valence-corrected chi connectivity index (χ0v) is 17.3. The summed E-state index contributed by atoms with van der Waals surface area (Å²) in [6.07, 6.45) is 1.78. The number of primary amides is 1.